The molecule has 0 fully saturated rings. The Morgan fingerprint density at radius 3 is 2.41 bits per heavy atom. The van der Waals surface area contributed by atoms with Gasteiger partial charge in [-0.1, -0.05) is 43.2 Å². The quantitative estimate of drug-likeness (QED) is 0.263. The van der Waals surface area contributed by atoms with Gasteiger partial charge in [0.15, 0.2) is 5.78 Å². The van der Waals surface area contributed by atoms with E-state index in [4.69, 9.17) is 11.6 Å². The van der Waals surface area contributed by atoms with Gasteiger partial charge in [-0.2, -0.15) is 0 Å². The molecule has 114 valence electrons. The van der Waals surface area contributed by atoms with E-state index in [0.29, 0.717) is 10.6 Å². The summed E-state index contributed by atoms with van der Waals surface area (Å²) < 4.78 is 0. The lowest BCUT2D eigenvalue weighted by Crippen LogP contribution is -1.93. The molecule has 0 radical (unpaired) electrons. The number of rotatable bonds is 7. The molecule has 0 aliphatic heterocycles. The van der Waals surface area contributed by atoms with Crippen molar-refractivity contribution < 1.29 is 4.79 Å². The lowest BCUT2D eigenvalue weighted by Gasteiger charge is -2.02. The van der Waals surface area contributed by atoms with Crippen LogP contribution in [-0.4, -0.2) is 11.5 Å². The summed E-state index contributed by atoms with van der Waals surface area (Å²) in [5.41, 5.74) is 1.68. The number of benzene rings is 2. The molecule has 22 heavy (non-hydrogen) atoms. The maximum Gasteiger partial charge on any atom is 0.185 e. The van der Waals surface area contributed by atoms with Gasteiger partial charge in [0.25, 0.3) is 0 Å². The van der Waals surface area contributed by atoms with Gasteiger partial charge in [0.05, 0.1) is 0 Å². The zero-order chi connectivity index (χ0) is 15.8. The number of hydrogen-bond acceptors (Lipinski definition) is 2. The normalized spacial score (nSPS) is 11.0. The Hall–Kier alpha value is -1.51. The van der Waals surface area contributed by atoms with E-state index in [0.717, 1.165) is 11.3 Å². The van der Waals surface area contributed by atoms with Crippen molar-refractivity contribution in [2.24, 2.45) is 0 Å². The first-order valence-electron chi connectivity index (χ1n) is 7.40. The summed E-state index contributed by atoms with van der Waals surface area (Å²) in [7, 11) is 0. The first-order chi connectivity index (χ1) is 10.7. The first-order valence-corrected chi connectivity index (χ1v) is 8.76. The van der Waals surface area contributed by atoms with E-state index in [1.54, 1.807) is 6.08 Å². The summed E-state index contributed by atoms with van der Waals surface area (Å²) in [6.07, 6.45) is 5.83. The molecule has 2 aromatic rings. The summed E-state index contributed by atoms with van der Waals surface area (Å²) in [5, 5.41) is 0.694. The molecule has 0 N–H and O–H groups in total. The van der Waals surface area contributed by atoms with Gasteiger partial charge in [0, 0.05) is 15.5 Å². The molecule has 0 bridgehead atoms. The predicted molar refractivity (Wildman–Crippen MR) is 96.9 cm³/mol. The Morgan fingerprint density at radius 1 is 1.09 bits per heavy atom. The number of halogens is 1. The lowest BCUT2D eigenvalue weighted by molar-refractivity contribution is 0.104. The second kappa shape index (κ2) is 8.82. The Labute approximate surface area is 141 Å². The fraction of sp³-hybridized carbons (Fsp3) is 0.211. The fourth-order valence-corrected chi connectivity index (χ4v) is 3.02. The number of carbonyl (C=O) groups is 1. The molecule has 0 heterocycles. The zero-order valence-corrected chi connectivity index (χ0v) is 14.2. The van der Waals surface area contributed by atoms with E-state index in [9.17, 15) is 4.79 Å². The van der Waals surface area contributed by atoms with Gasteiger partial charge in [-0.05, 0) is 60.2 Å². The van der Waals surface area contributed by atoms with Crippen LogP contribution < -0.4 is 0 Å². The van der Waals surface area contributed by atoms with Crippen LogP contribution in [0.3, 0.4) is 0 Å². The smallest absolute Gasteiger partial charge is 0.185 e. The molecule has 2 aromatic carbocycles. The first kappa shape index (κ1) is 16.9. The van der Waals surface area contributed by atoms with Crippen LogP contribution in [0, 0.1) is 0 Å². The predicted octanol–water partition coefficient (Wildman–Crippen LogP) is 6.13. The molecular formula is C19H19ClOS. The molecule has 0 unspecified atom stereocenters. The van der Waals surface area contributed by atoms with Crippen LogP contribution in [0.15, 0.2) is 59.5 Å². The Kier molecular flexibility index (Phi) is 6.75. The van der Waals surface area contributed by atoms with E-state index in [1.807, 2.05) is 66.4 Å². The van der Waals surface area contributed by atoms with Crippen LogP contribution in [0.2, 0.25) is 5.02 Å². The van der Waals surface area contributed by atoms with Crippen molar-refractivity contribution in [1.82, 2.24) is 0 Å². The van der Waals surface area contributed by atoms with E-state index in [2.05, 4.69) is 6.92 Å². The highest BCUT2D eigenvalue weighted by Crippen LogP contribution is 2.20. The highest BCUT2D eigenvalue weighted by atomic mass is 35.5. The van der Waals surface area contributed by atoms with Crippen molar-refractivity contribution >= 4 is 35.2 Å². The average Bonchev–Trinajstić information content (AvgIpc) is 2.55. The maximum atomic E-state index is 12.1. The van der Waals surface area contributed by atoms with Gasteiger partial charge in [0.2, 0.25) is 0 Å². The van der Waals surface area contributed by atoms with Gasteiger partial charge < -0.3 is 0 Å². The molecule has 0 saturated heterocycles. The monoisotopic (exact) mass is 330 g/mol. The Bertz CT molecular complexity index is 629. The minimum absolute atomic E-state index is 0.0139. The summed E-state index contributed by atoms with van der Waals surface area (Å²) in [5.74, 6) is 1.14. The second-order valence-corrected chi connectivity index (χ2v) is 6.58. The van der Waals surface area contributed by atoms with E-state index in [1.165, 1.54) is 17.7 Å². The molecule has 0 atom stereocenters. The number of allylic oxidation sites excluding steroid dienone is 1. The molecule has 0 aliphatic carbocycles. The molecule has 3 heteroatoms. The molecular weight excluding hydrogens is 312 g/mol. The number of thioether (sulfide) groups is 1. The van der Waals surface area contributed by atoms with Crippen LogP contribution in [0.25, 0.3) is 6.08 Å². The number of unbranched alkanes of at least 4 members (excludes halogenated alkanes) is 1. The summed E-state index contributed by atoms with van der Waals surface area (Å²) in [6, 6.07) is 15.2. The third-order valence-corrected chi connectivity index (χ3v) is 4.55. The molecule has 0 aromatic heterocycles. The molecule has 0 spiro atoms. The number of carbonyl (C=O) groups excluding carboxylic acids is 1. The minimum atomic E-state index is 0.0139. The number of ketones is 1. The molecule has 2 rings (SSSR count). The summed E-state index contributed by atoms with van der Waals surface area (Å²) in [6.45, 7) is 2.19. The van der Waals surface area contributed by atoms with Crippen molar-refractivity contribution in [3.63, 3.8) is 0 Å². The second-order valence-electron chi connectivity index (χ2n) is 4.98. The van der Waals surface area contributed by atoms with Crippen LogP contribution in [0.5, 0.6) is 0 Å². The van der Waals surface area contributed by atoms with Crippen molar-refractivity contribution in [3.8, 4) is 0 Å². The van der Waals surface area contributed by atoms with E-state index in [-0.39, 0.29) is 5.78 Å². The molecule has 0 amide bonds. The Balaban J connectivity index is 1.96. The molecule has 1 nitrogen and oxygen atoms in total. The Morgan fingerprint density at radius 2 is 1.77 bits per heavy atom. The van der Waals surface area contributed by atoms with E-state index >= 15 is 0 Å². The standard InChI is InChI=1S/C19H19ClOS/c1-2-3-14-22-18-11-7-16(8-12-18)19(21)13-6-15-4-9-17(20)10-5-15/h4-13H,2-3,14H2,1H3/b13-6+. The van der Waals surface area contributed by atoms with Crippen molar-refractivity contribution in [2.45, 2.75) is 24.7 Å². The van der Waals surface area contributed by atoms with Crippen molar-refractivity contribution in [3.05, 3.63) is 70.8 Å². The highest BCUT2D eigenvalue weighted by molar-refractivity contribution is 7.99. The number of hydrogen-bond donors (Lipinski definition) is 0. The lowest BCUT2D eigenvalue weighted by atomic mass is 10.1. The third-order valence-electron chi connectivity index (χ3n) is 3.20. The van der Waals surface area contributed by atoms with Crippen molar-refractivity contribution in [2.75, 3.05) is 5.75 Å². The van der Waals surface area contributed by atoms with Crippen LogP contribution >= 0.6 is 23.4 Å². The average molecular weight is 331 g/mol. The van der Waals surface area contributed by atoms with Crippen LogP contribution in [0.1, 0.15) is 35.7 Å². The fourth-order valence-electron chi connectivity index (χ4n) is 1.89. The molecule has 0 saturated carbocycles. The van der Waals surface area contributed by atoms with Gasteiger partial charge in [-0.3, -0.25) is 4.79 Å². The topological polar surface area (TPSA) is 17.1 Å². The summed E-state index contributed by atoms with van der Waals surface area (Å²) >= 11 is 7.67. The minimum Gasteiger partial charge on any atom is -0.289 e. The van der Waals surface area contributed by atoms with Gasteiger partial charge in [-0.15, -0.1) is 11.8 Å². The zero-order valence-electron chi connectivity index (χ0n) is 12.6. The maximum absolute atomic E-state index is 12.1. The SMILES string of the molecule is CCCCSc1ccc(C(=O)/C=C/c2ccc(Cl)cc2)cc1. The van der Waals surface area contributed by atoms with Crippen molar-refractivity contribution in [1.29, 1.82) is 0 Å². The van der Waals surface area contributed by atoms with Gasteiger partial charge in [-0.25, -0.2) is 0 Å². The van der Waals surface area contributed by atoms with Crippen LogP contribution in [0.4, 0.5) is 0 Å². The third kappa shape index (κ3) is 5.36. The molecule has 0 aliphatic rings. The van der Waals surface area contributed by atoms with Gasteiger partial charge in [0.1, 0.15) is 0 Å². The highest BCUT2D eigenvalue weighted by Gasteiger charge is 2.02. The van der Waals surface area contributed by atoms with Gasteiger partial charge >= 0.3 is 0 Å². The van der Waals surface area contributed by atoms with Crippen LogP contribution in [-0.2, 0) is 0 Å². The summed E-state index contributed by atoms with van der Waals surface area (Å²) in [4.78, 5) is 13.4. The van der Waals surface area contributed by atoms with E-state index < -0.39 is 0 Å². The largest absolute Gasteiger partial charge is 0.289 e.